The first-order valence-electron chi connectivity index (χ1n) is 5.78. The van der Waals surface area contributed by atoms with Crippen LogP contribution in [0.15, 0.2) is 41.6 Å². The Morgan fingerprint density at radius 3 is 2.78 bits per heavy atom. The van der Waals surface area contributed by atoms with E-state index in [4.69, 9.17) is 0 Å². The van der Waals surface area contributed by atoms with Gasteiger partial charge in [0, 0.05) is 30.7 Å². The first kappa shape index (κ1) is 10.7. The van der Waals surface area contributed by atoms with E-state index in [2.05, 4.69) is 15.0 Å². The van der Waals surface area contributed by atoms with Gasteiger partial charge in [0.25, 0.3) is 0 Å². The summed E-state index contributed by atoms with van der Waals surface area (Å²) in [5, 5.41) is 0. The van der Waals surface area contributed by atoms with Gasteiger partial charge in [-0.05, 0) is 30.7 Å². The van der Waals surface area contributed by atoms with Crippen molar-refractivity contribution in [3.8, 4) is 11.1 Å². The predicted octanol–water partition coefficient (Wildman–Crippen LogP) is 1.81. The topological polar surface area (TPSA) is 63.6 Å². The van der Waals surface area contributed by atoms with Crippen molar-refractivity contribution in [2.45, 2.75) is 13.5 Å². The molecular weight excluding hydrogens is 228 g/mol. The van der Waals surface area contributed by atoms with E-state index in [1.807, 2.05) is 25.1 Å². The molecule has 3 rings (SSSR count). The van der Waals surface area contributed by atoms with Gasteiger partial charge in [0.1, 0.15) is 0 Å². The molecule has 5 nitrogen and oxygen atoms in total. The summed E-state index contributed by atoms with van der Waals surface area (Å²) >= 11 is 0. The highest BCUT2D eigenvalue weighted by molar-refractivity contribution is 5.78. The van der Waals surface area contributed by atoms with Gasteiger partial charge in [-0.1, -0.05) is 0 Å². The maximum atomic E-state index is 11.7. The Morgan fingerprint density at radius 1 is 1.28 bits per heavy atom. The quantitative estimate of drug-likeness (QED) is 0.743. The number of imidazole rings is 1. The predicted molar refractivity (Wildman–Crippen MR) is 69.3 cm³/mol. The molecule has 0 atom stereocenters. The van der Waals surface area contributed by atoms with Crippen molar-refractivity contribution in [3.63, 3.8) is 0 Å². The maximum Gasteiger partial charge on any atom is 0.327 e. The summed E-state index contributed by atoms with van der Waals surface area (Å²) in [7, 11) is 0. The molecule has 0 saturated heterocycles. The summed E-state index contributed by atoms with van der Waals surface area (Å²) in [4.78, 5) is 22.7. The number of pyridine rings is 2. The van der Waals surface area contributed by atoms with Crippen LogP contribution in [0.25, 0.3) is 22.3 Å². The minimum atomic E-state index is -0.119. The number of hydrogen-bond donors (Lipinski definition) is 1. The van der Waals surface area contributed by atoms with Crippen molar-refractivity contribution >= 4 is 11.2 Å². The summed E-state index contributed by atoms with van der Waals surface area (Å²) in [5.41, 5.74) is 3.35. The molecule has 0 aliphatic carbocycles. The monoisotopic (exact) mass is 240 g/mol. The van der Waals surface area contributed by atoms with Crippen LogP contribution in [0.1, 0.15) is 6.92 Å². The molecule has 90 valence electrons. The number of H-pyrrole nitrogens is 1. The zero-order valence-electron chi connectivity index (χ0n) is 9.92. The Labute approximate surface area is 103 Å². The molecule has 0 amide bonds. The maximum absolute atomic E-state index is 11.7. The van der Waals surface area contributed by atoms with Crippen LogP contribution in [-0.4, -0.2) is 19.5 Å². The van der Waals surface area contributed by atoms with Gasteiger partial charge in [-0.25, -0.2) is 9.78 Å². The number of aromatic nitrogens is 4. The average molecular weight is 240 g/mol. The molecule has 3 aromatic heterocycles. The molecule has 0 saturated carbocycles. The zero-order valence-corrected chi connectivity index (χ0v) is 9.92. The van der Waals surface area contributed by atoms with Crippen LogP contribution < -0.4 is 5.69 Å². The minimum Gasteiger partial charge on any atom is -0.291 e. The lowest BCUT2D eigenvalue weighted by Crippen LogP contribution is -2.14. The summed E-state index contributed by atoms with van der Waals surface area (Å²) in [6, 6.07) is 5.81. The highest BCUT2D eigenvalue weighted by atomic mass is 16.1. The van der Waals surface area contributed by atoms with E-state index in [-0.39, 0.29) is 5.69 Å². The Balaban J connectivity index is 2.25. The van der Waals surface area contributed by atoms with E-state index >= 15 is 0 Å². The van der Waals surface area contributed by atoms with Gasteiger partial charge < -0.3 is 0 Å². The molecule has 0 unspecified atom stereocenters. The summed E-state index contributed by atoms with van der Waals surface area (Å²) in [5.74, 6) is 0. The normalized spacial score (nSPS) is 10.9. The molecular formula is C13H12N4O. The summed E-state index contributed by atoms with van der Waals surface area (Å²) in [6.07, 6.45) is 5.24. The van der Waals surface area contributed by atoms with Crippen molar-refractivity contribution in [3.05, 3.63) is 47.3 Å². The lowest BCUT2D eigenvalue weighted by atomic mass is 10.1. The van der Waals surface area contributed by atoms with Crippen LogP contribution in [0.3, 0.4) is 0 Å². The molecule has 0 radical (unpaired) electrons. The van der Waals surface area contributed by atoms with Crippen molar-refractivity contribution < 1.29 is 0 Å². The number of fused-ring (bicyclic) bond motifs is 1. The third-order valence-electron chi connectivity index (χ3n) is 2.96. The summed E-state index contributed by atoms with van der Waals surface area (Å²) < 4.78 is 1.67. The van der Waals surface area contributed by atoms with E-state index in [1.165, 1.54) is 0 Å². The van der Waals surface area contributed by atoms with E-state index in [9.17, 15) is 4.79 Å². The Morgan fingerprint density at radius 2 is 2.06 bits per heavy atom. The second-order valence-corrected chi connectivity index (χ2v) is 4.00. The number of hydrogen-bond acceptors (Lipinski definition) is 3. The van der Waals surface area contributed by atoms with Crippen LogP contribution >= 0.6 is 0 Å². The molecule has 0 aliphatic heterocycles. The SMILES string of the molecule is CCn1c(=O)[nH]c2ncc(-c3ccncc3)cc21. The highest BCUT2D eigenvalue weighted by Crippen LogP contribution is 2.20. The van der Waals surface area contributed by atoms with Crippen LogP contribution in [0, 0.1) is 0 Å². The number of nitrogens with one attached hydrogen (secondary N) is 1. The zero-order chi connectivity index (χ0) is 12.5. The van der Waals surface area contributed by atoms with Crippen molar-refractivity contribution in [1.82, 2.24) is 19.5 Å². The number of aryl methyl sites for hydroxylation is 1. The highest BCUT2D eigenvalue weighted by Gasteiger charge is 2.07. The molecule has 0 fully saturated rings. The molecule has 0 bridgehead atoms. The first-order valence-corrected chi connectivity index (χ1v) is 5.78. The Kier molecular flexibility index (Phi) is 2.44. The lowest BCUT2D eigenvalue weighted by Gasteiger charge is -2.02. The third-order valence-corrected chi connectivity index (χ3v) is 2.96. The van der Waals surface area contributed by atoms with E-state index in [0.29, 0.717) is 12.2 Å². The van der Waals surface area contributed by atoms with Gasteiger partial charge in [-0.3, -0.25) is 14.5 Å². The van der Waals surface area contributed by atoms with Crippen molar-refractivity contribution in [2.24, 2.45) is 0 Å². The van der Waals surface area contributed by atoms with Gasteiger partial charge in [-0.2, -0.15) is 0 Å². The molecule has 0 aromatic carbocycles. The number of rotatable bonds is 2. The van der Waals surface area contributed by atoms with Crippen molar-refractivity contribution in [1.29, 1.82) is 0 Å². The smallest absolute Gasteiger partial charge is 0.291 e. The fraction of sp³-hybridized carbons (Fsp3) is 0.154. The van der Waals surface area contributed by atoms with Crippen molar-refractivity contribution in [2.75, 3.05) is 0 Å². The largest absolute Gasteiger partial charge is 0.327 e. The third kappa shape index (κ3) is 1.60. The van der Waals surface area contributed by atoms with Crippen LogP contribution in [-0.2, 0) is 6.54 Å². The van der Waals surface area contributed by atoms with E-state index < -0.39 is 0 Å². The van der Waals surface area contributed by atoms with Gasteiger partial charge in [-0.15, -0.1) is 0 Å². The first-order chi connectivity index (χ1) is 8.79. The minimum absolute atomic E-state index is 0.119. The standard InChI is InChI=1S/C13H12N4O/c1-2-17-11-7-10(9-3-5-14-6-4-9)8-15-12(11)16-13(17)18/h3-8H,2H2,1H3,(H,15,16,18). The molecule has 3 aromatic rings. The number of nitrogens with zero attached hydrogens (tertiary/aromatic N) is 3. The van der Waals surface area contributed by atoms with Crippen LogP contribution in [0.2, 0.25) is 0 Å². The van der Waals surface area contributed by atoms with Crippen LogP contribution in [0.4, 0.5) is 0 Å². The van der Waals surface area contributed by atoms with Gasteiger partial charge in [0.2, 0.25) is 0 Å². The fourth-order valence-electron chi connectivity index (χ4n) is 2.05. The molecule has 5 heteroatoms. The van der Waals surface area contributed by atoms with Gasteiger partial charge >= 0.3 is 5.69 Å². The molecule has 0 aliphatic rings. The molecule has 1 N–H and O–H groups in total. The molecule has 18 heavy (non-hydrogen) atoms. The summed E-state index contributed by atoms with van der Waals surface area (Å²) in [6.45, 7) is 2.56. The lowest BCUT2D eigenvalue weighted by molar-refractivity contribution is 0.753. The Bertz CT molecular complexity index is 743. The van der Waals surface area contributed by atoms with E-state index in [0.717, 1.165) is 16.6 Å². The molecule has 3 heterocycles. The Hall–Kier alpha value is -2.43. The van der Waals surface area contributed by atoms with Gasteiger partial charge in [0.15, 0.2) is 5.65 Å². The van der Waals surface area contributed by atoms with Gasteiger partial charge in [0.05, 0.1) is 5.52 Å². The van der Waals surface area contributed by atoms with Crippen LogP contribution in [0.5, 0.6) is 0 Å². The number of aromatic amines is 1. The second-order valence-electron chi connectivity index (χ2n) is 4.00. The molecule has 0 spiro atoms. The second kappa shape index (κ2) is 4.10. The fourth-order valence-corrected chi connectivity index (χ4v) is 2.05. The average Bonchev–Trinajstić information content (AvgIpc) is 2.74. The van der Waals surface area contributed by atoms with E-state index in [1.54, 1.807) is 23.2 Å².